The minimum Gasteiger partial charge on any atom is -0.485 e. The van der Waals surface area contributed by atoms with Crippen LogP contribution in [0.2, 0.25) is 0 Å². The van der Waals surface area contributed by atoms with Crippen molar-refractivity contribution in [1.82, 2.24) is 0 Å². The molecule has 0 spiro atoms. The number of aliphatic hydroxyl groups excluding tert-OH is 1. The van der Waals surface area contributed by atoms with Gasteiger partial charge in [0.1, 0.15) is 11.9 Å². The van der Waals surface area contributed by atoms with Gasteiger partial charge >= 0.3 is 0 Å². The van der Waals surface area contributed by atoms with Crippen LogP contribution in [0.25, 0.3) is 0 Å². The fraction of sp³-hybridized carbons (Fsp3) is 0.500. The second-order valence-corrected chi connectivity index (χ2v) is 6.76. The average Bonchev–Trinajstić information content (AvgIpc) is 2.13. The first-order valence-electron chi connectivity index (χ1n) is 5.31. The molecule has 1 heterocycles. The third-order valence-electron chi connectivity index (χ3n) is 2.90. The zero-order chi connectivity index (χ0) is 12.8. The highest BCUT2D eigenvalue weighted by Crippen LogP contribution is 2.44. The first-order valence-corrected chi connectivity index (χ1v) is 6.45. The molecule has 5 heteroatoms. The van der Waals surface area contributed by atoms with E-state index in [9.17, 15) is 5.11 Å². The summed E-state index contributed by atoms with van der Waals surface area (Å²) in [5, 5.41) is 10.1. The standard InChI is InChI=1S/C12H13Cl3O2/c1-6-3-7(2)11-8(16)5-10(12(13,14)15)17-9(11)4-6/h3-4,8,10,16H,5H2,1-2H3/t8-,10-/m1/s1. The summed E-state index contributed by atoms with van der Waals surface area (Å²) in [6.45, 7) is 3.90. The van der Waals surface area contributed by atoms with E-state index in [4.69, 9.17) is 39.5 Å². The van der Waals surface area contributed by atoms with Crippen LogP contribution in [0.3, 0.4) is 0 Å². The number of benzene rings is 1. The lowest BCUT2D eigenvalue weighted by Crippen LogP contribution is -2.36. The molecule has 1 aliphatic rings. The van der Waals surface area contributed by atoms with Crippen molar-refractivity contribution in [1.29, 1.82) is 0 Å². The molecule has 0 aromatic heterocycles. The van der Waals surface area contributed by atoms with Crippen LogP contribution in [0.4, 0.5) is 0 Å². The molecule has 2 nitrogen and oxygen atoms in total. The van der Waals surface area contributed by atoms with E-state index in [1.165, 1.54) is 0 Å². The predicted molar refractivity (Wildman–Crippen MR) is 70.2 cm³/mol. The van der Waals surface area contributed by atoms with E-state index in [0.29, 0.717) is 5.75 Å². The zero-order valence-corrected chi connectivity index (χ0v) is 11.8. The molecule has 0 amide bonds. The Kier molecular flexibility index (Phi) is 3.52. The number of ether oxygens (including phenoxy) is 1. The molecule has 17 heavy (non-hydrogen) atoms. The molecule has 0 radical (unpaired) electrons. The Morgan fingerprint density at radius 1 is 1.29 bits per heavy atom. The smallest absolute Gasteiger partial charge is 0.226 e. The lowest BCUT2D eigenvalue weighted by Gasteiger charge is -2.34. The van der Waals surface area contributed by atoms with Gasteiger partial charge in [0.05, 0.1) is 6.10 Å². The number of aliphatic hydroxyl groups is 1. The van der Waals surface area contributed by atoms with Crippen LogP contribution in [0.1, 0.15) is 29.2 Å². The molecule has 0 unspecified atom stereocenters. The van der Waals surface area contributed by atoms with Gasteiger partial charge in [0.2, 0.25) is 3.79 Å². The molecule has 1 aromatic rings. The van der Waals surface area contributed by atoms with Crippen molar-refractivity contribution >= 4 is 34.8 Å². The van der Waals surface area contributed by atoms with Gasteiger partial charge in [-0.1, -0.05) is 40.9 Å². The van der Waals surface area contributed by atoms with Gasteiger partial charge in [-0.05, 0) is 31.0 Å². The molecule has 2 rings (SSSR count). The zero-order valence-electron chi connectivity index (χ0n) is 9.51. The second-order valence-electron chi connectivity index (χ2n) is 4.39. The Morgan fingerprint density at radius 3 is 2.53 bits per heavy atom. The molecule has 1 aliphatic heterocycles. The fourth-order valence-corrected chi connectivity index (χ4v) is 2.59. The van der Waals surface area contributed by atoms with Crippen LogP contribution in [0, 0.1) is 13.8 Å². The van der Waals surface area contributed by atoms with E-state index in [0.717, 1.165) is 16.7 Å². The van der Waals surface area contributed by atoms with Crippen molar-refractivity contribution < 1.29 is 9.84 Å². The molecule has 0 aliphatic carbocycles. The normalized spacial score (nSPS) is 24.1. The summed E-state index contributed by atoms with van der Waals surface area (Å²) in [4.78, 5) is 0. The van der Waals surface area contributed by atoms with Crippen LogP contribution in [0.15, 0.2) is 12.1 Å². The van der Waals surface area contributed by atoms with Crippen LogP contribution in [0.5, 0.6) is 5.75 Å². The van der Waals surface area contributed by atoms with E-state index < -0.39 is 16.0 Å². The number of hydrogen-bond donors (Lipinski definition) is 1. The second kappa shape index (κ2) is 4.51. The maximum Gasteiger partial charge on any atom is 0.226 e. The molecule has 0 saturated heterocycles. The number of alkyl halides is 3. The van der Waals surface area contributed by atoms with Gasteiger partial charge in [0.25, 0.3) is 0 Å². The summed E-state index contributed by atoms with van der Waals surface area (Å²) in [6, 6.07) is 3.86. The fourth-order valence-electron chi connectivity index (χ4n) is 2.19. The average molecular weight is 296 g/mol. The van der Waals surface area contributed by atoms with Crippen molar-refractivity contribution in [2.75, 3.05) is 0 Å². The van der Waals surface area contributed by atoms with Crippen molar-refractivity contribution in [2.45, 2.75) is 36.3 Å². The van der Waals surface area contributed by atoms with Crippen molar-refractivity contribution in [3.8, 4) is 5.75 Å². The Morgan fingerprint density at radius 2 is 1.94 bits per heavy atom. The summed E-state index contributed by atoms with van der Waals surface area (Å²) in [5.74, 6) is 0.609. The topological polar surface area (TPSA) is 29.5 Å². The first-order chi connectivity index (χ1) is 7.79. The first kappa shape index (κ1) is 13.3. The van der Waals surface area contributed by atoms with Gasteiger partial charge in [0.15, 0.2) is 0 Å². The van der Waals surface area contributed by atoms with Crippen LogP contribution >= 0.6 is 34.8 Å². The molecule has 0 bridgehead atoms. The Hall–Kier alpha value is -0.150. The van der Waals surface area contributed by atoms with Gasteiger partial charge < -0.3 is 9.84 Å². The minimum absolute atomic E-state index is 0.285. The third kappa shape index (κ3) is 2.65. The quantitative estimate of drug-likeness (QED) is 0.737. The number of rotatable bonds is 0. The number of fused-ring (bicyclic) bond motifs is 1. The number of halogens is 3. The van der Waals surface area contributed by atoms with Gasteiger partial charge in [-0.3, -0.25) is 0 Å². The van der Waals surface area contributed by atoms with Crippen LogP contribution in [-0.4, -0.2) is 15.0 Å². The highest BCUT2D eigenvalue weighted by molar-refractivity contribution is 6.68. The molecule has 1 N–H and O–H groups in total. The maximum absolute atomic E-state index is 10.1. The lowest BCUT2D eigenvalue weighted by atomic mass is 9.94. The van der Waals surface area contributed by atoms with Gasteiger partial charge in [-0.2, -0.15) is 0 Å². The molecule has 0 fully saturated rings. The van der Waals surface area contributed by atoms with Crippen molar-refractivity contribution in [3.63, 3.8) is 0 Å². The molecule has 2 atom stereocenters. The van der Waals surface area contributed by atoms with E-state index in [2.05, 4.69) is 0 Å². The van der Waals surface area contributed by atoms with Crippen LogP contribution in [-0.2, 0) is 0 Å². The van der Waals surface area contributed by atoms with Gasteiger partial charge in [0, 0.05) is 12.0 Å². The summed E-state index contributed by atoms with van der Waals surface area (Å²) < 4.78 is 4.14. The summed E-state index contributed by atoms with van der Waals surface area (Å²) >= 11 is 17.5. The van der Waals surface area contributed by atoms with E-state index in [1.54, 1.807) is 0 Å². The molecular weight excluding hydrogens is 282 g/mol. The van der Waals surface area contributed by atoms with Crippen LogP contribution < -0.4 is 4.74 Å². The minimum atomic E-state index is -1.53. The molecular formula is C12H13Cl3O2. The van der Waals surface area contributed by atoms with Crippen molar-refractivity contribution in [3.05, 3.63) is 28.8 Å². The SMILES string of the molecule is Cc1cc(C)c2c(c1)O[C@@H](C(Cl)(Cl)Cl)C[C@H]2O. The number of aryl methyl sites for hydroxylation is 2. The Bertz CT molecular complexity index is 440. The third-order valence-corrected chi connectivity index (χ3v) is 3.63. The van der Waals surface area contributed by atoms with E-state index in [1.807, 2.05) is 26.0 Å². The Labute approximate surface area is 115 Å². The van der Waals surface area contributed by atoms with E-state index >= 15 is 0 Å². The van der Waals surface area contributed by atoms with Gasteiger partial charge in [-0.25, -0.2) is 0 Å². The predicted octanol–water partition coefficient (Wildman–Crippen LogP) is 3.86. The largest absolute Gasteiger partial charge is 0.485 e. The Balaban J connectivity index is 2.43. The lowest BCUT2D eigenvalue weighted by molar-refractivity contribution is 0.0672. The molecule has 94 valence electrons. The van der Waals surface area contributed by atoms with Crippen molar-refractivity contribution in [2.24, 2.45) is 0 Å². The molecule has 0 saturated carbocycles. The molecule has 1 aromatic carbocycles. The number of hydrogen-bond acceptors (Lipinski definition) is 2. The summed E-state index contributed by atoms with van der Waals surface area (Å²) in [6.07, 6.45) is -0.996. The summed E-state index contributed by atoms with van der Waals surface area (Å²) in [5.41, 5.74) is 2.84. The van der Waals surface area contributed by atoms with E-state index in [-0.39, 0.29) is 6.42 Å². The highest BCUT2D eigenvalue weighted by atomic mass is 35.6. The highest BCUT2D eigenvalue weighted by Gasteiger charge is 2.40. The van der Waals surface area contributed by atoms with Gasteiger partial charge in [-0.15, -0.1) is 0 Å². The maximum atomic E-state index is 10.1. The summed E-state index contributed by atoms with van der Waals surface area (Å²) in [7, 11) is 0. The monoisotopic (exact) mass is 294 g/mol.